The van der Waals surface area contributed by atoms with Gasteiger partial charge in [0.15, 0.2) is 5.69 Å². The smallest absolute Gasteiger partial charge is 0.273 e. The van der Waals surface area contributed by atoms with Gasteiger partial charge in [0.05, 0.1) is 12.6 Å². The molecule has 6 nitrogen and oxygen atoms in total. The van der Waals surface area contributed by atoms with Crippen molar-refractivity contribution in [1.29, 1.82) is 0 Å². The lowest BCUT2D eigenvalue weighted by Gasteiger charge is -2.06. The van der Waals surface area contributed by atoms with Crippen molar-refractivity contribution in [1.82, 2.24) is 10.3 Å². The van der Waals surface area contributed by atoms with E-state index in [1.54, 1.807) is 0 Å². The summed E-state index contributed by atoms with van der Waals surface area (Å²) in [5.74, 6) is 0.869. The van der Waals surface area contributed by atoms with E-state index in [1.807, 2.05) is 37.3 Å². The normalized spacial score (nSPS) is 11.9. The molecule has 22 heavy (non-hydrogen) atoms. The molecule has 6 heteroatoms. The monoisotopic (exact) mass is 303 g/mol. The molecule has 1 unspecified atom stereocenters. The summed E-state index contributed by atoms with van der Waals surface area (Å²) < 4.78 is 10.7. The average molecular weight is 303 g/mol. The van der Waals surface area contributed by atoms with Crippen molar-refractivity contribution >= 4 is 5.91 Å². The first-order chi connectivity index (χ1) is 10.7. The van der Waals surface area contributed by atoms with Crippen molar-refractivity contribution in [2.24, 2.45) is 5.73 Å². The Balaban J connectivity index is 1.75. The number of oxazole rings is 1. The van der Waals surface area contributed by atoms with Gasteiger partial charge >= 0.3 is 0 Å². The maximum absolute atomic E-state index is 11.9. The van der Waals surface area contributed by atoms with Gasteiger partial charge in [-0.05, 0) is 18.6 Å². The van der Waals surface area contributed by atoms with Gasteiger partial charge in [-0.3, -0.25) is 4.79 Å². The molecule has 0 saturated carbocycles. The van der Waals surface area contributed by atoms with E-state index in [1.165, 1.54) is 6.26 Å². The maximum Gasteiger partial charge on any atom is 0.273 e. The minimum absolute atomic E-state index is 0.237. The molecule has 1 aromatic carbocycles. The fraction of sp³-hybridized carbons (Fsp3) is 0.375. The van der Waals surface area contributed by atoms with Crippen LogP contribution >= 0.6 is 0 Å². The first kappa shape index (κ1) is 16.0. The van der Waals surface area contributed by atoms with Gasteiger partial charge < -0.3 is 20.2 Å². The van der Waals surface area contributed by atoms with Crippen LogP contribution < -0.4 is 15.8 Å². The minimum Gasteiger partial charge on any atom is -0.492 e. The number of ether oxygens (including phenoxy) is 1. The Morgan fingerprint density at radius 2 is 2.18 bits per heavy atom. The van der Waals surface area contributed by atoms with Crippen LogP contribution in [0.15, 0.2) is 41.0 Å². The largest absolute Gasteiger partial charge is 0.492 e. The summed E-state index contributed by atoms with van der Waals surface area (Å²) in [6.07, 6.45) is 3.03. The second-order valence-corrected chi connectivity index (χ2v) is 4.88. The topological polar surface area (TPSA) is 90.4 Å². The molecule has 0 saturated heterocycles. The molecule has 118 valence electrons. The molecule has 2 aromatic rings. The zero-order valence-corrected chi connectivity index (χ0v) is 12.6. The molecule has 0 radical (unpaired) electrons. The summed E-state index contributed by atoms with van der Waals surface area (Å²) in [7, 11) is 0. The van der Waals surface area contributed by atoms with E-state index in [2.05, 4.69) is 10.3 Å². The highest BCUT2D eigenvalue weighted by molar-refractivity contribution is 5.91. The first-order valence-electron chi connectivity index (χ1n) is 7.37. The second-order valence-electron chi connectivity index (χ2n) is 4.88. The van der Waals surface area contributed by atoms with Gasteiger partial charge in [-0.2, -0.15) is 0 Å². The van der Waals surface area contributed by atoms with Crippen molar-refractivity contribution in [3.63, 3.8) is 0 Å². The Kier molecular flexibility index (Phi) is 5.97. The minimum atomic E-state index is -0.296. The number of carbonyl (C=O) groups excluding carboxylic acids is 1. The van der Waals surface area contributed by atoms with Crippen molar-refractivity contribution in [2.75, 3.05) is 13.2 Å². The molecule has 0 spiro atoms. The van der Waals surface area contributed by atoms with Gasteiger partial charge in [-0.15, -0.1) is 0 Å². The number of aromatic nitrogens is 1. The van der Waals surface area contributed by atoms with Crippen LogP contribution in [0.5, 0.6) is 5.75 Å². The number of nitrogens with zero attached hydrogens (tertiary/aromatic N) is 1. The standard InChI is InChI=1S/C16H21N3O3/c1-2-6-13(17)16-19-14(11-22-16)15(20)18-9-10-21-12-7-4-3-5-8-12/h3-5,7-8,11,13H,2,6,9-10,17H2,1H3,(H,18,20). The van der Waals surface area contributed by atoms with E-state index in [0.29, 0.717) is 19.0 Å². The van der Waals surface area contributed by atoms with Gasteiger partial charge in [0.25, 0.3) is 5.91 Å². The van der Waals surface area contributed by atoms with Gasteiger partial charge in [-0.1, -0.05) is 31.5 Å². The number of amides is 1. The molecule has 0 aliphatic carbocycles. The van der Waals surface area contributed by atoms with E-state index in [9.17, 15) is 4.79 Å². The Labute approximate surface area is 129 Å². The fourth-order valence-corrected chi connectivity index (χ4v) is 1.94. The van der Waals surface area contributed by atoms with Gasteiger partial charge in [0.2, 0.25) is 5.89 Å². The predicted octanol–water partition coefficient (Wildman–Crippen LogP) is 2.28. The molecular formula is C16H21N3O3. The molecular weight excluding hydrogens is 282 g/mol. The average Bonchev–Trinajstić information content (AvgIpc) is 3.03. The number of hydrogen-bond acceptors (Lipinski definition) is 5. The summed E-state index contributed by atoms with van der Waals surface area (Å²) in [6, 6.07) is 9.16. The Hall–Kier alpha value is -2.34. The zero-order valence-electron chi connectivity index (χ0n) is 12.6. The predicted molar refractivity (Wildman–Crippen MR) is 82.6 cm³/mol. The molecule has 1 heterocycles. The number of nitrogens with two attached hydrogens (primary N) is 1. The van der Waals surface area contributed by atoms with Crippen molar-refractivity contribution in [3.05, 3.63) is 48.2 Å². The van der Waals surface area contributed by atoms with Crippen LogP contribution in [0.25, 0.3) is 0 Å². The highest BCUT2D eigenvalue weighted by Crippen LogP contribution is 2.14. The van der Waals surface area contributed by atoms with E-state index >= 15 is 0 Å². The number of hydrogen-bond donors (Lipinski definition) is 2. The van der Waals surface area contributed by atoms with Crippen molar-refractivity contribution in [2.45, 2.75) is 25.8 Å². The van der Waals surface area contributed by atoms with Crippen LogP contribution in [-0.4, -0.2) is 24.0 Å². The maximum atomic E-state index is 11.9. The summed E-state index contributed by atoms with van der Waals surface area (Å²) in [6.45, 7) is 2.80. The lowest BCUT2D eigenvalue weighted by molar-refractivity contribution is 0.0942. The van der Waals surface area contributed by atoms with Crippen molar-refractivity contribution < 1.29 is 13.9 Å². The van der Waals surface area contributed by atoms with E-state index in [4.69, 9.17) is 14.9 Å². The quantitative estimate of drug-likeness (QED) is 0.730. The van der Waals surface area contributed by atoms with E-state index < -0.39 is 0 Å². The molecule has 0 fully saturated rings. The van der Waals surface area contributed by atoms with Gasteiger partial charge in [-0.25, -0.2) is 4.98 Å². The van der Waals surface area contributed by atoms with Gasteiger partial charge in [0, 0.05) is 0 Å². The van der Waals surface area contributed by atoms with Crippen molar-refractivity contribution in [3.8, 4) is 5.75 Å². The van der Waals surface area contributed by atoms with Gasteiger partial charge in [0.1, 0.15) is 18.6 Å². The number of rotatable bonds is 8. The van der Waals surface area contributed by atoms with Crippen LogP contribution in [0.2, 0.25) is 0 Å². The van der Waals surface area contributed by atoms with Crippen LogP contribution in [-0.2, 0) is 0 Å². The molecule has 1 atom stereocenters. The summed E-state index contributed by atoms with van der Waals surface area (Å²) >= 11 is 0. The van der Waals surface area contributed by atoms with Crippen LogP contribution in [0.3, 0.4) is 0 Å². The first-order valence-corrected chi connectivity index (χ1v) is 7.37. The summed E-state index contributed by atoms with van der Waals surface area (Å²) in [5.41, 5.74) is 6.13. The lowest BCUT2D eigenvalue weighted by Crippen LogP contribution is -2.28. The summed E-state index contributed by atoms with van der Waals surface area (Å²) in [4.78, 5) is 16.0. The molecule has 1 aromatic heterocycles. The third kappa shape index (κ3) is 4.60. The lowest BCUT2D eigenvalue weighted by atomic mass is 10.2. The van der Waals surface area contributed by atoms with Crippen LogP contribution in [0.4, 0.5) is 0 Å². The fourth-order valence-electron chi connectivity index (χ4n) is 1.94. The van der Waals surface area contributed by atoms with E-state index in [-0.39, 0.29) is 17.6 Å². The third-order valence-electron chi connectivity index (χ3n) is 3.07. The summed E-state index contributed by atoms with van der Waals surface area (Å²) in [5, 5.41) is 2.73. The highest BCUT2D eigenvalue weighted by atomic mass is 16.5. The van der Waals surface area contributed by atoms with Crippen LogP contribution in [0.1, 0.15) is 42.2 Å². The zero-order chi connectivity index (χ0) is 15.8. The number of carbonyl (C=O) groups is 1. The Morgan fingerprint density at radius 3 is 2.91 bits per heavy atom. The van der Waals surface area contributed by atoms with E-state index in [0.717, 1.165) is 18.6 Å². The van der Waals surface area contributed by atoms with Crippen LogP contribution in [0, 0.1) is 0 Å². The second kappa shape index (κ2) is 8.19. The Morgan fingerprint density at radius 1 is 1.41 bits per heavy atom. The SMILES string of the molecule is CCCC(N)c1nc(C(=O)NCCOc2ccccc2)co1. The third-order valence-corrected chi connectivity index (χ3v) is 3.07. The highest BCUT2D eigenvalue weighted by Gasteiger charge is 2.16. The molecule has 0 aliphatic rings. The number of nitrogens with one attached hydrogen (secondary N) is 1. The molecule has 2 rings (SSSR count). The number of benzene rings is 1. The molecule has 1 amide bonds. The Bertz CT molecular complexity index is 583. The molecule has 3 N–H and O–H groups in total. The molecule has 0 bridgehead atoms. The number of para-hydroxylation sites is 1. The molecule has 0 aliphatic heterocycles.